The zero-order valence-electron chi connectivity index (χ0n) is 17.6. The van der Waals surface area contributed by atoms with Gasteiger partial charge in [0.2, 0.25) is 0 Å². The minimum atomic E-state index is 0. The van der Waals surface area contributed by atoms with Crippen LogP contribution in [0.2, 0.25) is 0 Å². The van der Waals surface area contributed by atoms with E-state index in [0.717, 1.165) is 69.5 Å². The van der Waals surface area contributed by atoms with E-state index in [1.165, 1.54) is 5.56 Å². The molecule has 2 aliphatic rings. The van der Waals surface area contributed by atoms with Crippen LogP contribution in [0.4, 0.5) is 0 Å². The van der Waals surface area contributed by atoms with Crippen molar-refractivity contribution in [1.82, 2.24) is 10.2 Å². The summed E-state index contributed by atoms with van der Waals surface area (Å²) in [7, 11) is 0. The number of guanidine groups is 1. The Morgan fingerprint density at radius 1 is 1.07 bits per heavy atom. The van der Waals surface area contributed by atoms with Crippen LogP contribution in [0.1, 0.15) is 37.7 Å². The Bertz CT molecular complexity index is 807. The predicted molar refractivity (Wildman–Crippen MR) is 132 cm³/mol. The molecule has 4 rings (SSSR count). The fourth-order valence-corrected chi connectivity index (χ4v) is 4.10. The molecule has 1 N–H and O–H groups in total. The number of rotatable bonds is 5. The quantitative estimate of drug-likeness (QED) is 0.353. The van der Waals surface area contributed by atoms with Crippen molar-refractivity contribution in [2.45, 2.75) is 38.2 Å². The van der Waals surface area contributed by atoms with Gasteiger partial charge in [-0.05, 0) is 37.1 Å². The number of aliphatic imine (C=N–C) groups is 1. The SMILES string of the molecule is CCNC(=NCC1CCOc2ccccc21)N1CCC(Oc2ccccc2)CC1.I. The fraction of sp³-hybridized carbons (Fsp3) is 0.458. The summed E-state index contributed by atoms with van der Waals surface area (Å²) in [5, 5.41) is 3.48. The van der Waals surface area contributed by atoms with E-state index in [-0.39, 0.29) is 30.1 Å². The summed E-state index contributed by atoms with van der Waals surface area (Å²) in [6, 6.07) is 18.5. The van der Waals surface area contributed by atoms with Gasteiger partial charge in [-0.25, -0.2) is 0 Å². The normalized spacial score (nSPS) is 19.3. The van der Waals surface area contributed by atoms with Crippen LogP contribution >= 0.6 is 24.0 Å². The zero-order chi connectivity index (χ0) is 19.9. The molecule has 5 nitrogen and oxygen atoms in total. The van der Waals surface area contributed by atoms with Gasteiger partial charge in [0.1, 0.15) is 17.6 Å². The molecule has 30 heavy (non-hydrogen) atoms. The van der Waals surface area contributed by atoms with E-state index in [0.29, 0.717) is 5.92 Å². The Labute approximate surface area is 196 Å². The van der Waals surface area contributed by atoms with Crippen molar-refractivity contribution in [2.75, 3.05) is 32.8 Å². The first-order valence-electron chi connectivity index (χ1n) is 10.8. The van der Waals surface area contributed by atoms with Crippen LogP contribution in [0.25, 0.3) is 0 Å². The zero-order valence-corrected chi connectivity index (χ0v) is 20.0. The van der Waals surface area contributed by atoms with E-state index in [1.807, 2.05) is 36.4 Å². The van der Waals surface area contributed by atoms with Crippen molar-refractivity contribution < 1.29 is 9.47 Å². The molecule has 1 fully saturated rings. The summed E-state index contributed by atoms with van der Waals surface area (Å²) in [5.74, 6) is 3.43. The molecular formula is C24H32IN3O2. The smallest absolute Gasteiger partial charge is 0.193 e. The average molecular weight is 521 g/mol. The lowest BCUT2D eigenvalue weighted by atomic mass is 9.93. The molecule has 1 saturated heterocycles. The highest BCUT2D eigenvalue weighted by atomic mass is 127. The van der Waals surface area contributed by atoms with Gasteiger partial charge in [0.15, 0.2) is 5.96 Å². The number of piperidine rings is 1. The standard InChI is InChI=1S/C24H31N3O2.HI/c1-2-25-24(26-18-19-14-17-28-23-11-7-6-10-22(19)23)27-15-12-21(13-16-27)29-20-8-4-3-5-9-20;/h3-11,19,21H,2,12-18H2,1H3,(H,25,26);1H. The Morgan fingerprint density at radius 2 is 1.80 bits per heavy atom. The molecule has 2 aromatic rings. The van der Waals surface area contributed by atoms with Crippen molar-refractivity contribution in [3.8, 4) is 11.5 Å². The Kier molecular flexibility index (Phi) is 8.66. The summed E-state index contributed by atoms with van der Waals surface area (Å²) in [4.78, 5) is 7.38. The number of hydrogen-bond donors (Lipinski definition) is 1. The van der Waals surface area contributed by atoms with Gasteiger partial charge in [-0.1, -0.05) is 36.4 Å². The maximum atomic E-state index is 6.14. The first-order chi connectivity index (χ1) is 14.3. The predicted octanol–water partition coefficient (Wildman–Crippen LogP) is 4.68. The topological polar surface area (TPSA) is 46.1 Å². The molecule has 0 radical (unpaired) electrons. The largest absolute Gasteiger partial charge is 0.493 e. The number of benzene rings is 2. The molecule has 0 amide bonds. The third kappa shape index (κ3) is 5.80. The number of hydrogen-bond acceptors (Lipinski definition) is 3. The maximum Gasteiger partial charge on any atom is 0.193 e. The molecule has 6 heteroatoms. The van der Waals surface area contributed by atoms with Gasteiger partial charge in [-0.2, -0.15) is 0 Å². The van der Waals surface area contributed by atoms with Crippen molar-refractivity contribution in [1.29, 1.82) is 0 Å². The number of fused-ring (bicyclic) bond motifs is 1. The minimum absolute atomic E-state index is 0. The van der Waals surface area contributed by atoms with Gasteiger partial charge in [-0.3, -0.25) is 4.99 Å². The van der Waals surface area contributed by atoms with E-state index in [2.05, 4.69) is 35.3 Å². The van der Waals surface area contributed by atoms with E-state index in [4.69, 9.17) is 14.5 Å². The average Bonchev–Trinajstić information content (AvgIpc) is 2.78. The van der Waals surface area contributed by atoms with Crippen molar-refractivity contribution >= 4 is 29.9 Å². The number of likely N-dealkylation sites (tertiary alicyclic amines) is 1. The van der Waals surface area contributed by atoms with Gasteiger partial charge in [0, 0.05) is 44.9 Å². The molecule has 2 aromatic carbocycles. The summed E-state index contributed by atoms with van der Waals surface area (Å²) in [6.07, 6.45) is 3.32. The van der Waals surface area contributed by atoms with Crippen LogP contribution in [0.3, 0.4) is 0 Å². The van der Waals surface area contributed by atoms with Gasteiger partial charge >= 0.3 is 0 Å². The number of halogens is 1. The Morgan fingerprint density at radius 3 is 2.57 bits per heavy atom. The van der Waals surface area contributed by atoms with Crippen LogP contribution < -0.4 is 14.8 Å². The van der Waals surface area contributed by atoms with E-state index in [1.54, 1.807) is 0 Å². The van der Waals surface area contributed by atoms with Crippen LogP contribution in [0.15, 0.2) is 59.6 Å². The summed E-state index contributed by atoms with van der Waals surface area (Å²) < 4.78 is 11.9. The van der Waals surface area contributed by atoms with Gasteiger partial charge in [-0.15, -0.1) is 24.0 Å². The second-order valence-corrected chi connectivity index (χ2v) is 7.68. The van der Waals surface area contributed by atoms with Gasteiger partial charge in [0.05, 0.1) is 6.61 Å². The third-order valence-electron chi connectivity index (χ3n) is 5.67. The van der Waals surface area contributed by atoms with Crippen LogP contribution in [0, 0.1) is 0 Å². The number of nitrogens with zero attached hydrogens (tertiary/aromatic N) is 2. The highest BCUT2D eigenvalue weighted by Crippen LogP contribution is 2.33. The van der Waals surface area contributed by atoms with Crippen LogP contribution in [-0.2, 0) is 0 Å². The van der Waals surface area contributed by atoms with Crippen molar-refractivity contribution in [3.63, 3.8) is 0 Å². The van der Waals surface area contributed by atoms with Crippen LogP contribution in [-0.4, -0.2) is 49.7 Å². The second-order valence-electron chi connectivity index (χ2n) is 7.68. The number of nitrogens with one attached hydrogen (secondary N) is 1. The summed E-state index contributed by atoms with van der Waals surface area (Å²) in [5.41, 5.74) is 1.29. The molecule has 1 atom stereocenters. The molecule has 0 bridgehead atoms. The molecular weight excluding hydrogens is 489 g/mol. The highest BCUT2D eigenvalue weighted by Gasteiger charge is 2.24. The Balaban J connectivity index is 0.00000256. The monoisotopic (exact) mass is 521 g/mol. The number of ether oxygens (including phenoxy) is 2. The van der Waals surface area contributed by atoms with E-state index in [9.17, 15) is 0 Å². The lowest BCUT2D eigenvalue weighted by Crippen LogP contribution is -2.47. The van der Waals surface area contributed by atoms with E-state index < -0.39 is 0 Å². The lowest BCUT2D eigenvalue weighted by molar-refractivity contribution is 0.129. The summed E-state index contributed by atoms with van der Waals surface area (Å²) in [6.45, 7) is 6.51. The van der Waals surface area contributed by atoms with Gasteiger partial charge in [0.25, 0.3) is 0 Å². The highest BCUT2D eigenvalue weighted by molar-refractivity contribution is 14.0. The van der Waals surface area contributed by atoms with Crippen LogP contribution in [0.5, 0.6) is 11.5 Å². The first-order valence-corrected chi connectivity index (χ1v) is 10.8. The Hall–Kier alpha value is -1.96. The van der Waals surface area contributed by atoms with Crippen molar-refractivity contribution in [2.24, 2.45) is 4.99 Å². The van der Waals surface area contributed by atoms with E-state index >= 15 is 0 Å². The summed E-state index contributed by atoms with van der Waals surface area (Å²) >= 11 is 0. The lowest BCUT2D eigenvalue weighted by Gasteiger charge is -2.34. The maximum absolute atomic E-state index is 6.14. The molecule has 0 spiro atoms. The van der Waals surface area contributed by atoms with Gasteiger partial charge < -0.3 is 19.7 Å². The molecule has 0 aromatic heterocycles. The number of para-hydroxylation sites is 2. The van der Waals surface area contributed by atoms with Crippen molar-refractivity contribution in [3.05, 3.63) is 60.2 Å². The third-order valence-corrected chi connectivity index (χ3v) is 5.67. The molecule has 2 aliphatic heterocycles. The molecule has 0 aliphatic carbocycles. The minimum Gasteiger partial charge on any atom is -0.493 e. The second kappa shape index (κ2) is 11.4. The molecule has 0 saturated carbocycles. The first kappa shape index (κ1) is 22.7. The molecule has 2 heterocycles. The molecule has 162 valence electrons. The molecule has 1 unspecified atom stereocenters. The fourth-order valence-electron chi connectivity index (χ4n) is 4.10.